The first-order valence-corrected chi connectivity index (χ1v) is 5.36. The van der Waals surface area contributed by atoms with E-state index in [1.807, 2.05) is 19.9 Å². The van der Waals surface area contributed by atoms with E-state index in [2.05, 4.69) is 5.32 Å². The van der Waals surface area contributed by atoms with Gasteiger partial charge in [0.15, 0.2) is 0 Å². The van der Waals surface area contributed by atoms with Crippen molar-refractivity contribution in [3.8, 4) is 6.07 Å². The minimum absolute atomic E-state index is 0.0198. The molecule has 0 saturated carbocycles. The number of nitrogens with zero attached hydrogens (tertiary/aromatic N) is 2. The highest BCUT2D eigenvalue weighted by Gasteiger charge is 2.49. The zero-order chi connectivity index (χ0) is 12.5. The molecule has 88 valence electrons. The third-order valence-electron chi connectivity index (χ3n) is 3.13. The molecule has 2 atom stereocenters. The van der Waals surface area contributed by atoms with Crippen molar-refractivity contribution < 1.29 is 9.59 Å². The summed E-state index contributed by atoms with van der Waals surface area (Å²) in [6.45, 7) is 7.33. The van der Waals surface area contributed by atoms with E-state index >= 15 is 0 Å². The Kier molecular flexibility index (Phi) is 3.22. The zero-order valence-corrected chi connectivity index (χ0v) is 10.1. The van der Waals surface area contributed by atoms with Gasteiger partial charge in [-0.15, -0.1) is 0 Å². The lowest BCUT2D eigenvalue weighted by atomic mass is 9.88. The van der Waals surface area contributed by atoms with Gasteiger partial charge >= 0.3 is 6.03 Å². The highest BCUT2D eigenvalue weighted by atomic mass is 16.2. The van der Waals surface area contributed by atoms with Gasteiger partial charge in [0.05, 0.1) is 12.0 Å². The number of imide groups is 1. The maximum Gasteiger partial charge on any atom is 0.325 e. The molecule has 2 unspecified atom stereocenters. The second-order valence-corrected chi connectivity index (χ2v) is 4.73. The van der Waals surface area contributed by atoms with Gasteiger partial charge in [-0.1, -0.05) is 13.8 Å². The fraction of sp³-hybridized carbons (Fsp3) is 0.727. The van der Waals surface area contributed by atoms with E-state index in [1.165, 1.54) is 0 Å². The number of carbonyl (C=O) groups is 2. The molecule has 1 saturated heterocycles. The molecule has 0 aliphatic carbocycles. The summed E-state index contributed by atoms with van der Waals surface area (Å²) in [6, 6.07) is 1.62. The Morgan fingerprint density at radius 2 is 2.00 bits per heavy atom. The average molecular weight is 223 g/mol. The highest BCUT2D eigenvalue weighted by molar-refractivity contribution is 6.06. The standard InChI is InChI=1S/C11H17N3O2/c1-7(2)11(4)9(15)14(10(16)13-11)6-8(3)5-12/h7-8H,6H2,1-4H3,(H,13,16). The Hall–Kier alpha value is -1.57. The number of hydrogen-bond donors (Lipinski definition) is 1. The van der Waals surface area contributed by atoms with Crippen molar-refractivity contribution in [1.29, 1.82) is 5.26 Å². The zero-order valence-electron chi connectivity index (χ0n) is 10.1. The number of urea groups is 1. The summed E-state index contributed by atoms with van der Waals surface area (Å²) < 4.78 is 0. The van der Waals surface area contributed by atoms with Crippen molar-refractivity contribution in [2.75, 3.05) is 6.54 Å². The molecule has 0 bridgehead atoms. The molecule has 0 aromatic heterocycles. The lowest BCUT2D eigenvalue weighted by Crippen LogP contribution is -2.48. The van der Waals surface area contributed by atoms with Gasteiger partial charge in [0.2, 0.25) is 0 Å². The summed E-state index contributed by atoms with van der Waals surface area (Å²) in [5.74, 6) is -0.565. The summed E-state index contributed by atoms with van der Waals surface area (Å²) in [7, 11) is 0. The molecule has 16 heavy (non-hydrogen) atoms. The molecule has 1 heterocycles. The lowest BCUT2D eigenvalue weighted by molar-refractivity contribution is -0.132. The van der Waals surface area contributed by atoms with Crippen LogP contribution < -0.4 is 5.32 Å². The van der Waals surface area contributed by atoms with E-state index in [0.29, 0.717) is 0 Å². The van der Waals surface area contributed by atoms with Crippen LogP contribution in [-0.2, 0) is 4.79 Å². The molecule has 0 radical (unpaired) electrons. The Labute approximate surface area is 95.4 Å². The molecule has 5 nitrogen and oxygen atoms in total. The topological polar surface area (TPSA) is 73.2 Å². The maximum atomic E-state index is 12.1. The van der Waals surface area contributed by atoms with Crippen molar-refractivity contribution in [1.82, 2.24) is 10.2 Å². The SMILES string of the molecule is CC(C#N)CN1C(=O)NC(C)(C(C)C)C1=O. The number of amides is 3. The normalized spacial score (nSPS) is 26.9. The van der Waals surface area contributed by atoms with Crippen LogP contribution in [0.15, 0.2) is 0 Å². The lowest BCUT2D eigenvalue weighted by Gasteiger charge is -2.25. The van der Waals surface area contributed by atoms with Crippen LogP contribution in [0.2, 0.25) is 0 Å². The van der Waals surface area contributed by atoms with Crippen LogP contribution in [0.1, 0.15) is 27.7 Å². The molecule has 1 aliphatic rings. The quantitative estimate of drug-likeness (QED) is 0.728. The molecule has 1 rings (SSSR count). The largest absolute Gasteiger partial charge is 0.325 e. The van der Waals surface area contributed by atoms with Crippen molar-refractivity contribution in [2.45, 2.75) is 33.2 Å². The van der Waals surface area contributed by atoms with Gasteiger partial charge in [-0.05, 0) is 19.8 Å². The molecule has 1 N–H and O–H groups in total. The summed E-state index contributed by atoms with van der Waals surface area (Å²) in [5.41, 5.74) is -0.841. The van der Waals surface area contributed by atoms with E-state index in [9.17, 15) is 9.59 Å². The molecule has 1 fully saturated rings. The molecule has 0 aromatic rings. The average Bonchev–Trinajstić information content (AvgIpc) is 2.43. The summed E-state index contributed by atoms with van der Waals surface area (Å²) in [4.78, 5) is 24.8. The molecule has 3 amide bonds. The van der Waals surface area contributed by atoms with Crippen molar-refractivity contribution in [3.63, 3.8) is 0 Å². The van der Waals surface area contributed by atoms with Gasteiger partial charge in [-0.3, -0.25) is 9.69 Å². The Morgan fingerprint density at radius 3 is 2.38 bits per heavy atom. The number of nitriles is 1. The van der Waals surface area contributed by atoms with Gasteiger partial charge in [0, 0.05) is 6.54 Å². The number of hydrogen-bond acceptors (Lipinski definition) is 3. The molecule has 1 aliphatic heterocycles. The fourth-order valence-corrected chi connectivity index (χ4v) is 1.59. The van der Waals surface area contributed by atoms with E-state index in [1.54, 1.807) is 13.8 Å². The first kappa shape index (κ1) is 12.5. The van der Waals surface area contributed by atoms with E-state index in [0.717, 1.165) is 4.90 Å². The van der Waals surface area contributed by atoms with Gasteiger partial charge < -0.3 is 5.32 Å². The maximum absolute atomic E-state index is 12.1. The Balaban J connectivity index is 2.88. The fourth-order valence-electron chi connectivity index (χ4n) is 1.59. The van der Waals surface area contributed by atoms with E-state index < -0.39 is 11.6 Å². The molecule has 0 spiro atoms. The predicted octanol–water partition coefficient (Wildman–Crippen LogP) is 1.11. The molecule has 5 heteroatoms. The van der Waals surface area contributed by atoms with Crippen LogP contribution in [0.4, 0.5) is 4.79 Å². The number of rotatable bonds is 3. The van der Waals surface area contributed by atoms with Crippen molar-refractivity contribution in [2.24, 2.45) is 11.8 Å². The van der Waals surface area contributed by atoms with E-state index in [4.69, 9.17) is 5.26 Å². The van der Waals surface area contributed by atoms with Crippen LogP contribution in [0.3, 0.4) is 0 Å². The molecule has 0 aromatic carbocycles. The molecular formula is C11H17N3O2. The first-order chi connectivity index (χ1) is 7.32. The number of nitrogens with one attached hydrogen (secondary N) is 1. The Bertz CT molecular complexity index is 359. The number of carbonyl (C=O) groups excluding carboxylic acids is 2. The third kappa shape index (κ3) is 1.87. The Morgan fingerprint density at radius 1 is 1.44 bits per heavy atom. The van der Waals surface area contributed by atoms with E-state index in [-0.39, 0.29) is 24.3 Å². The summed E-state index contributed by atoms with van der Waals surface area (Å²) >= 11 is 0. The van der Waals surface area contributed by atoms with Gasteiger partial charge in [0.25, 0.3) is 5.91 Å². The minimum Gasteiger partial charge on any atom is -0.323 e. The van der Waals surface area contributed by atoms with Crippen LogP contribution in [0.5, 0.6) is 0 Å². The summed E-state index contributed by atoms with van der Waals surface area (Å²) in [5, 5.41) is 11.4. The molecular weight excluding hydrogens is 206 g/mol. The third-order valence-corrected chi connectivity index (χ3v) is 3.13. The second-order valence-electron chi connectivity index (χ2n) is 4.73. The monoisotopic (exact) mass is 223 g/mol. The van der Waals surface area contributed by atoms with Gasteiger partial charge in [-0.25, -0.2) is 4.79 Å². The smallest absolute Gasteiger partial charge is 0.323 e. The highest BCUT2D eigenvalue weighted by Crippen LogP contribution is 2.25. The van der Waals surface area contributed by atoms with Crippen LogP contribution in [-0.4, -0.2) is 28.9 Å². The minimum atomic E-state index is -0.841. The predicted molar refractivity (Wildman–Crippen MR) is 58.3 cm³/mol. The van der Waals surface area contributed by atoms with Crippen molar-refractivity contribution >= 4 is 11.9 Å². The van der Waals surface area contributed by atoms with Crippen LogP contribution in [0.25, 0.3) is 0 Å². The summed E-state index contributed by atoms with van der Waals surface area (Å²) in [6.07, 6.45) is 0. The van der Waals surface area contributed by atoms with Crippen LogP contribution in [0, 0.1) is 23.2 Å². The van der Waals surface area contributed by atoms with Gasteiger partial charge in [-0.2, -0.15) is 5.26 Å². The first-order valence-electron chi connectivity index (χ1n) is 5.36. The van der Waals surface area contributed by atoms with Crippen molar-refractivity contribution in [3.05, 3.63) is 0 Å². The van der Waals surface area contributed by atoms with Crippen LogP contribution >= 0.6 is 0 Å². The van der Waals surface area contributed by atoms with Gasteiger partial charge in [0.1, 0.15) is 5.54 Å². The second kappa shape index (κ2) is 4.12.